The van der Waals surface area contributed by atoms with Gasteiger partial charge in [-0.05, 0) is 57.2 Å². The van der Waals surface area contributed by atoms with Gasteiger partial charge < -0.3 is 4.90 Å². The molecule has 2 aromatic heterocycles. The summed E-state index contributed by atoms with van der Waals surface area (Å²) < 4.78 is 0. The number of fused-ring (bicyclic) bond motifs is 1. The summed E-state index contributed by atoms with van der Waals surface area (Å²) in [7, 11) is 1.75. The third kappa shape index (κ3) is 2.02. The van der Waals surface area contributed by atoms with Gasteiger partial charge in [-0.25, -0.2) is 4.98 Å². The fourth-order valence-electron chi connectivity index (χ4n) is 3.20. The van der Waals surface area contributed by atoms with Crippen LogP contribution >= 0.6 is 11.3 Å². The molecule has 4 nitrogen and oxygen atoms in total. The molecule has 0 unspecified atom stereocenters. The van der Waals surface area contributed by atoms with E-state index in [1.807, 2.05) is 19.9 Å². The van der Waals surface area contributed by atoms with E-state index in [1.165, 1.54) is 11.3 Å². The molecule has 2 heterocycles. The van der Waals surface area contributed by atoms with Crippen molar-refractivity contribution in [3.05, 3.63) is 27.8 Å². The summed E-state index contributed by atoms with van der Waals surface area (Å²) in [6.45, 7) is 6.00. The predicted molar refractivity (Wildman–Crippen MR) is 88.1 cm³/mol. The molecule has 114 valence electrons. The van der Waals surface area contributed by atoms with Crippen molar-refractivity contribution in [2.24, 2.45) is 0 Å². The molecule has 0 spiro atoms. The van der Waals surface area contributed by atoms with Gasteiger partial charge in [0.05, 0.1) is 10.9 Å². The number of nitriles is 1. The largest absolute Gasteiger partial charge is 0.322 e. The van der Waals surface area contributed by atoms with Crippen LogP contribution in [0.5, 0.6) is 0 Å². The lowest BCUT2D eigenvalue weighted by molar-refractivity contribution is 0.0502. The van der Waals surface area contributed by atoms with Crippen LogP contribution in [-0.4, -0.2) is 28.4 Å². The van der Waals surface area contributed by atoms with Crippen LogP contribution in [0.3, 0.4) is 0 Å². The van der Waals surface area contributed by atoms with Crippen LogP contribution in [0, 0.1) is 32.1 Å². The van der Waals surface area contributed by atoms with E-state index in [9.17, 15) is 10.1 Å². The van der Waals surface area contributed by atoms with Gasteiger partial charge in [0.15, 0.2) is 0 Å². The van der Waals surface area contributed by atoms with Gasteiger partial charge in [-0.3, -0.25) is 4.79 Å². The lowest BCUT2D eigenvalue weighted by atomic mass is 9.76. The quantitative estimate of drug-likeness (QED) is 0.848. The van der Waals surface area contributed by atoms with Gasteiger partial charge >= 0.3 is 0 Å². The maximum Gasteiger partial charge on any atom is 0.265 e. The molecule has 22 heavy (non-hydrogen) atoms. The Morgan fingerprint density at radius 1 is 1.41 bits per heavy atom. The van der Waals surface area contributed by atoms with Crippen molar-refractivity contribution >= 4 is 27.5 Å². The minimum Gasteiger partial charge on any atom is -0.322 e. The summed E-state index contributed by atoms with van der Waals surface area (Å²) in [5.74, 6) is -0.0567. The Kier molecular flexibility index (Phi) is 3.45. The zero-order chi connectivity index (χ0) is 16.1. The molecule has 2 aromatic rings. The first-order chi connectivity index (χ1) is 10.4. The molecule has 1 aliphatic carbocycles. The third-order valence-electron chi connectivity index (χ3n) is 4.76. The fourth-order valence-corrected chi connectivity index (χ4v) is 4.48. The fraction of sp³-hybridized carbons (Fsp3) is 0.471. The molecular formula is C17H19N3OS. The molecule has 0 N–H and O–H groups in total. The summed E-state index contributed by atoms with van der Waals surface area (Å²) in [5, 5.41) is 10.5. The van der Waals surface area contributed by atoms with Crippen molar-refractivity contribution in [3.63, 3.8) is 0 Å². The number of hydrogen-bond acceptors (Lipinski definition) is 4. The standard InChI is InChI=1S/C17H19N3OS/c1-10-8-11(2)19-15-13(10)12(3)14(22-15)16(21)20(4)17(9-18)6-5-7-17/h8H,5-7H2,1-4H3. The highest BCUT2D eigenvalue weighted by molar-refractivity contribution is 7.20. The number of hydrogen-bond donors (Lipinski definition) is 0. The summed E-state index contributed by atoms with van der Waals surface area (Å²) in [6.07, 6.45) is 2.55. The summed E-state index contributed by atoms with van der Waals surface area (Å²) in [6, 6.07) is 4.38. The second-order valence-corrected chi connectivity index (χ2v) is 7.18. The van der Waals surface area contributed by atoms with Gasteiger partial charge in [0.25, 0.3) is 5.91 Å². The molecule has 0 saturated heterocycles. The summed E-state index contributed by atoms with van der Waals surface area (Å²) in [5.41, 5.74) is 2.48. The van der Waals surface area contributed by atoms with E-state index in [0.29, 0.717) is 4.88 Å². The zero-order valence-electron chi connectivity index (χ0n) is 13.4. The van der Waals surface area contributed by atoms with Gasteiger partial charge in [0.2, 0.25) is 0 Å². The van der Waals surface area contributed by atoms with E-state index in [1.54, 1.807) is 11.9 Å². The molecule has 1 amide bonds. The van der Waals surface area contributed by atoms with Crippen LogP contribution in [0.2, 0.25) is 0 Å². The number of carbonyl (C=O) groups is 1. The van der Waals surface area contributed by atoms with Crippen molar-refractivity contribution in [1.29, 1.82) is 5.26 Å². The highest BCUT2D eigenvalue weighted by Gasteiger charge is 2.44. The summed E-state index contributed by atoms with van der Waals surface area (Å²) >= 11 is 1.44. The van der Waals surface area contributed by atoms with Gasteiger partial charge in [0.1, 0.15) is 10.4 Å². The van der Waals surface area contributed by atoms with Gasteiger partial charge in [-0.15, -0.1) is 11.3 Å². The van der Waals surface area contributed by atoms with Crippen LogP contribution in [0.1, 0.15) is 45.8 Å². The van der Waals surface area contributed by atoms with Crippen molar-refractivity contribution in [2.45, 2.75) is 45.6 Å². The first-order valence-electron chi connectivity index (χ1n) is 7.46. The van der Waals surface area contributed by atoms with Gasteiger partial charge in [0, 0.05) is 18.1 Å². The Morgan fingerprint density at radius 3 is 2.64 bits per heavy atom. The average Bonchev–Trinajstić information content (AvgIpc) is 2.74. The topological polar surface area (TPSA) is 57.0 Å². The minimum absolute atomic E-state index is 0.0567. The Hall–Kier alpha value is -1.93. The molecule has 0 aromatic carbocycles. The highest BCUT2D eigenvalue weighted by atomic mass is 32.1. The lowest BCUT2D eigenvalue weighted by Crippen LogP contribution is -2.53. The number of aryl methyl sites for hydroxylation is 3. The third-order valence-corrected chi connectivity index (χ3v) is 5.93. The Balaban J connectivity index is 2.07. The number of nitrogens with zero attached hydrogens (tertiary/aromatic N) is 3. The van der Waals surface area contributed by atoms with E-state index in [-0.39, 0.29) is 5.91 Å². The van der Waals surface area contributed by atoms with Gasteiger partial charge in [-0.1, -0.05) is 0 Å². The number of thiophene rings is 1. The Bertz CT molecular complexity index is 811. The number of pyridine rings is 1. The second kappa shape index (κ2) is 5.06. The van der Waals surface area contributed by atoms with Crippen LogP contribution < -0.4 is 0 Å². The van der Waals surface area contributed by atoms with Crippen molar-refractivity contribution < 1.29 is 4.79 Å². The molecule has 0 aliphatic heterocycles. The Morgan fingerprint density at radius 2 is 2.09 bits per heavy atom. The van der Waals surface area contributed by atoms with Gasteiger partial charge in [-0.2, -0.15) is 5.26 Å². The monoisotopic (exact) mass is 313 g/mol. The van der Waals surface area contributed by atoms with Crippen LogP contribution in [0.4, 0.5) is 0 Å². The number of rotatable bonds is 2. The van der Waals surface area contributed by atoms with Crippen molar-refractivity contribution in [1.82, 2.24) is 9.88 Å². The van der Waals surface area contributed by atoms with Crippen LogP contribution in [0.25, 0.3) is 10.2 Å². The first kappa shape index (κ1) is 15.0. The zero-order valence-corrected chi connectivity index (χ0v) is 14.2. The van der Waals surface area contributed by atoms with E-state index >= 15 is 0 Å². The number of carbonyl (C=O) groups excluding carboxylic acids is 1. The predicted octanol–water partition coefficient (Wildman–Crippen LogP) is 3.74. The van der Waals surface area contributed by atoms with E-state index in [0.717, 1.165) is 46.3 Å². The molecule has 3 rings (SSSR count). The van der Waals surface area contributed by atoms with Crippen molar-refractivity contribution in [3.8, 4) is 6.07 Å². The average molecular weight is 313 g/mol. The molecule has 0 atom stereocenters. The number of amides is 1. The molecule has 0 bridgehead atoms. The van der Waals surface area contributed by atoms with E-state index in [4.69, 9.17) is 0 Å². The normalized spacial score (nSPS) is 16.1. The highest BCUT2D eigenvalue weighted by Crippen LogP contribution is 2.39. The van der Waals surface area contributed by atoms with Crippen molar-refractivity contribution in [2.75, 3.05) is 7.05 Å². The molecule has 0 radical (unpaired) electrons. The lowest BCUT2D eigenvalue weighted by Gasteiger charge is -2.42. The van der Waals surface area contributed by atoms with Crippen LogP contribution in [-0.2, 0) is 0 Å². The number of aromatic nitrogens is 1. The Labute approximate surface area is 134 Å². The van der Waals surface area contributed by atoms with E-state index < -0.39 is 5.54 Å². The maximum absolute atomic E-state index is 12.9. The van der Waals surface area contributed by atoms with E-state index in [2.05, 4.69) is 18.0 Å². The molecule has 5 heteroatoms. The van der Waals surface area contributed by atoms with Crippen LogP contribution in [0.15, 0.2) is 6.07 Å². The first-order valence-corrected chi connectivity index (χ1v) is 8.28. The smallest absolute Gasteiger partial charge is 0.265 e. The molecule has 1 fully saturated rings. The SMILES string of the molecule is Cc1cc(C)c2c(C)c(C(=O)N(C)C3(C#N)CCC3)sc2n1. The summed E-state index contributed by atoms with van der Waals surface area (Å²) in [4.78, 5) is 20.7. The molecular weight excluding hydrogens is 294 g/mol. The molecule has 1 saturated carbocycles. The maximum atomic E-state index is 12.9. The minimum atomic E-state index is -0.613. The second-order valence-electron chi connectivity index (χ2n) is 6.18. The molecule has 1 aliphatic rings.